The lowest BCUT2D eigenvalue weighted by Gasteiger charge is -2.13. The summed E-state index contributed by atoms with van der Waals surface area (Å²) in [7, 11) is 0. The average Bonchev–Trinajstić information content (AvgIpc) is 3.14. The molecule has 0 bridgehead atoms. The van der Waals surface area contributed by atoms with Gasteiger partial charge in [-0.15, -0.1) is 0 Å². The van der Waals surface area contributed by atoms with Crippen molar-refractivity contribution >= 4 is 17.8 Å². The van der Waals surface area contributed by atoms with Gasteiger partial charge in [-0.05, 0) is 62.4 Å². The zero-order valence-electron chi connectivity index (χ0n) is 14.8. The van der Waals surface area contributed by atoms with Crippen LogP contribution in [0.2, 0.25) is 0 Å². The van der Waals surface area contributed by atoms with Crippen LogP contribution in [0.3, 0.4) is 0 Å². The predicted octanol–water partition coefficient (Wildman–Crippen LogP) is 3.46. The van der Waals surface area contributed by atoms with Gasteiger partial charge in [0.25, 0.3) is 11.8 Å². The number of hydroxylamine groups is 2. The van der Waals surface area contributed by atoms with Crippen molar-refractivity contribution < 1.29 is 19.2 Å². The number of hydrogen-bond acceptors (Lipinski definition) is 4. The molecule has 1 aromatic heterocycles. The normalized spacial score (nSPS) is 13.0. The summed E-state index contributed by atoms with van der Waals surface area (Å²) in [6.07, 6.45) is 0. The number of carbonyl (C=O) groups excluding carboxylic acids is 3. The third-order valence-corrected chi connectivity index (χ3v) is 4.56. The van der Waals surface area contributed by atoms with Gasteiger partial charge in [0.05, 0.1) is 16.7 Å². The van der Waals surface area contributed by atoms with Crippen molar-refractivity contribution in [3.63, 3.8) is 0 Å². The van der Waals surface area contributed by atoms with Gasteiger partial charge < -0.3 is 9.40 Å². The van der Waals surface area contributed by atoms with Crippen molar-refractivity contribution in [1.82, 2.24) is 9.63 Å². The largest absolute Gasteiger partial charge is 0.363 e. The molecule has 27 heavy (non-hydrogen) atoms. The smallest absolute Gasteiger partial charge is 0.324 e. The monoisotopic (exact) mass is 360 g/mol. The zero-order valence-corrected chi connectivity index (χ0v) is 14.8. The molecule has 0 unspecified atom stereocenters. The zero-order chi connectivity index (χ0) is 19.1. The molecule has 2 aromatic carbocycles. The Hall–Kier alpha value is -3.67. The Morgan fingerprint density at radius 2 is 1.30 bits per heavy atom. The maximum atomic E-state index is 12.4. The maximum absolute atomic E-state index is 12.4. The number of carbonyl (C=O) groups is 3. The fourth-order valence-electron chi connectivity index (χ4n) is 3.21. The first-order valence-electron chi connectivity index (χ1n) is 8.43. The van der Waals surface area contributed by atoms with E-state index in [-0.39, 0.29) is 16.7 Å². The van der Waals surface area contributed by atoms with E-state index in [1.54, 1.807) is 36.4 Å². The molecule has 0 aliphatic carbocycles. The van der Waals surface area contributed by atoms with E-state index in [9.17, 15) is 14.4 Å². The van der Waals surface area contributed by atoms with Gasteiger partial charge in [-0.25, -0.2) is 4.79 Å². The van der Waals surface area contributed by atoms with Crippen LogP contribution < -0.4 is 0 Å². The molecule has 134 valence electrons. The molecule has 0 atom stereocenters. The molecule has 0 radical (unpaired) electrons. The van der Waals surface area contributed by atoms with Gasteiger partial charge in [-0.3, -0.25) is 9.59 Å². The van der Waals surface area contributed by atoms with Crippen molar-refractivity contribution in [2.45, 2.75) is 13.8 Å². The molecule has 0 saturated heterocycles. The summed E-state index contributed by atoms with van der Waals surface area (Å²) in [4.78, 5) is 42.0. The van der Waals surface area contributed by atoms with Crippen LogP contribution in [0.1, 0.15) is 42.5 Å². The van der Waals surface area contributed by atoms with Gasteiger partial charge in [0.1, 0.15) is 0 Å². The summed E-state index contributed by atoms with van der Waals surface area (Å²) in [5.41, 5.74) is 3.76. The predicted molar refractivity (Wildman–Crippen MR) is 97.6 cm³/mol. The Morgan fingerprint density at radius 1 is 0.778 bits per heavy atom. The van der Waals surface area contributed by atoms with Gasteiger partial charge in [0.15, 0.2) is 0 Å². The minimum absolute atomic E-state index is 0.226. The molecule has 6 nitrogen and oxygen atoms in total. The minimum atomic E-state index is -0.767. The van der Waals surface area contributed by atoms with E-state index in [4.69, 9.17) is 4.84 Å². The van der Waals surface area contributed by atoms with Crippen molar-refractivity contribution in [3.8, 4) is 5.69 Å². The fourth-order valence-corrected chi connectivity index (χ4v) is 3.21. The topological polar surface area (TPSA) is 68.6 Å². The minimum Gasteiger partial charge on any atom is -0.324 e. The second-order valence-electron chi connectivity index (χ2n) is 6.33. The lowest BCUT2D eigenvalue weighted by atomic mass is 10.1. The highest BCUT2D eigenvalue weighted by Gasteiger charge is 2.38. The number of hydrogen-bond donors (Lipinski definition) is 0. The number of nitrogens with zero attached hydrogens (tertiary/aromatic N) is 2. The number of aromatic nitrogens is 1. The Morgan fingerprint density at radius 3 is 1.81 bits per heavy atom. The number of benzene rings is 2. The number of aryl methyl sites for hydroxylation is 2. The van der Waals surface area contributed by atoms with Crippen LogP contribution in [-0.2, 0) is 4.84 Å². The average molecular weight is 360 g/mol. The first-order valence-corrected chi connectivity index (χ1v) is 8.43. The summed E-state index contributed by atoms with van der Waals surface area (Å²) in [5.74, 6) is -2.05. The molecule has 0 N–H and O–H groups in total. The highest BCUT2D eigenvalue weighted by Crippen LogP contribution is 2.24. The van der Waals surface area contributed by atoms with Crippen LogP contribution in [0.5, 0.6) is 0 Å². The molecule has 0 fully saturated rings. The summed E-state index contributed by atoms with van der Waals surface area (Å²) < 4.78 is 2.05. The molecule has 4 rings (SSSR count). The Bertz CT molecular complexity index is 1030. The van der Waals surface area contributed by atoms with E-state index in [1.807, 2.05) is 26.0 Å². The SMILES string of the molecule is Cc1ccc(C)n1-c1ccc(C(=O)ON2C(=O)c3ccccc3C2=O)cc1. The molecule has 0 spiro atoms. The number of fused-ring (bicyclic) bond motifs is 1. The summed E-state index contributed by atoms with van der Waals surface area (Å²) >= 11 is 0. The highest BCUT2D eigenvalue weighted by molar-refractivity contribution is 6.21. The van der Waals surface area contributed by atoms with E-state index in [1.165, 1.54) is 12.1 Å². The summed E-state index contributed by atoms with van der Waals surface area (Å²) in [5, 5.41) is 0.515. The highest BCUT2D eigenvalue weighted by atomic mass is 16.7. The molecule has 0 saturated carbocycles. The molecule has 1 aliphatic rings. The first kappa shape index (κ1) is 16.8. The van der Waals surface area contributed by atoms with Crippen molar-refractivity contribution in [3.05, 3.63) is 88.7 Å². The number of amides is 2. The first-order chi connectivity index (χ1) is 13.0. The molecule has 6 heteroatoms. The van der Waals surface area contributed by atoms with E-state index in [2.05, 4.69) is 4.57 Å². The third kappa shape index (κ3) is 2.71. The Kier molecular flexibility index (Phi) is 3.88. The Balaban J connectivity index is 1.55. The van der Waals surface area contributed by atoms with Crippen LogP contribution in [0.25, 0.3) is 5.69 Å². The lowest BCUT2D eigenvalue weighted by Crippen LogP contribution is -2.32. The number of imide groups is 1. The van der Waals surface area contributed by atoms with Gasteiger partial charge in [-0.2, -0.15) is 0 Å². The Labute approximate surface area is 155 Å². The van der Waals surface area contributed by atoms with Crippen LogP contribution >= 0.6 is 0 Å². The van der Waals surface area contributed by atoms with E-state index < -0.39 is 17.8 Å². The van der Waals surface area contributed by atoms with Crippen LogP contribution in [-0.4, -0.2) is 27.4 Å². The van der Waals surface area contributed by atoms with Crippen LogP contribution in [0.15, 0.2) is 60.7 Å². The standard InChI is InChI=1S/C21H16N2O4/c1-13-7-8-14(2)22(13)16-11-9-15(10-12-16)21(26)27-23-19(24)17-5-3-4-6-18(17)20(23)25/h3-12H,1-2H3. The van der Waals surface area contributed by atoms with E-state index in [0.29, 0.717) is 5.06 Å². The van der Waals surface area contributed by atoms with Crippen LogP contribution in [0, 0.1) is 13.8 Å². The quantitative estimate of drug-likeness (QED) is 0.671. The molecule has 2 amide bonds. The maximum Gasteiger partial charge on any atom is 0.363 e. The van der Waals surface area contributed by atoms with Gasteiger partial charge in [0, 0.05) is 17.1 Å². The van der Waals surface area contributed by atoms with Gasteiger partial charge in [0.2, 0.25) is 0 Å². The summed E-state index contributed by atoms with van der Waals surface area (Å²) in [6.45, 7) is 3.99. The lowest BCUT2D eigenvalue weighted by molar-refractivity contribution is -0.0584. The van der Waals surface area contributed by atoms with Gasteiger partial charge >= 0.3 is 5.97 Å². The van der Waals surface area contributed by atoms with E-state index in [0.717, 1.165) is 17.1 Å². The van der Waals surface area contributed by atoms with Crippen molar-refractivity contribution in [1.29, 1.82) is 0 Å². The van der Waals surface area contributed by atoms with E-state index >= 15 is 0 Å². The fraction of sp³-hybridized carbons (Fsp3) is 0.0952. The van der Waals surface area contributed by atoms with Gasteiger partial charge in [-0.1, -0.05) is 17.2 Å². The summed E-state index contributed by atoms with van der Waals surface area (Å²) in [6, 6.07) is 17.2. The second kappa shape index (κ2) is 6.25. The molecular weight excluding hydrogens is 344 g/mol. The third-order valence-electron chi connectivity index (χ3n) is 4.56. The number of rotatable bonds is 3. The second-order valence-corrected chi connectivity index (χ2v) is 6.33. The molecule has 1 aliphatic heterocycles. The molecular formula is C21H16N2O4. The molecule has 2 heterocycles. The van der Waals surface area contributed by atoms with Crippen LogP contribution in [0.4, 0.5) is 0 Å². The molecule has 3 aromatic rings. The van der Waals surface area contributed by atoms with Crippen molar-refractivity contribution in [2.24, 2.45) is 0 Å². The van der Waals surface area contributed by atoms with Crippen molar-refractivity contribution in [2.75, 3.05) is 0 Å².